The molecule has 0 aliphatic heterocycles. The predicted octanol–water partition coefficient (Wildman–Crippen LogP) is 3.61. The van der Waals surface area contributed by atoms with Crippen LogP contribution in [-0.2, 0) is 28.8 Å². The van der Waals surface area contributed by atoms with E-state index >= 15 is 0 Å². The molecule has 0 saturated carbocycles. The summed E-state index contributed by atoms with van der Waals surface area (Å²) in [7, 11) is 21.0. The molecule has 47 N–H and O–H groups in total. The molecule has 0 amide bonds. The highest BCUT2D eigenvalue weighted by molar-refractivity contribution is 5.92. The third-order valence-electron chi connectivity index (χ3n) is 16.5. The molecule has 0 fully saturated rings. The lowest BCUT2D eigenvalue weighted by molar-refractivity contribution is -0.466. The number of rotatable bonds is 53. The maximum Gasteiger partial charge on any atom is 0.387 e. The van der Waals surface area contributed by atoms with Crippen LogP contribution in [-0.4, -0.2) is 257 Å². The van der Waals surface area contributed by atoms with Crippen LogP contribution < -0.4 is 125 Å². The molecule has 842 valence electrons. The third-order valence-corrected chi connectivity index (χ3v) is 16.5. The summed E-state index contributed by atoms with van der Waals surface area (Å²) in [5, 5.41) is 62.8. The molecular formula is C103H198N32O13+6. The van der Waals surface area contributed by atoms with E-state index in [1.807, 2.05) is 12.2 Å². The number of hydrogen-bond donors (Lipinski definition) is 25. The zero-order valence-corrected chi connectivity index (χ0v) is 90.8. The van der Waals surface area contributed by atoms with Gasteiger partial charge in [0.1, 0.15) is 12.1 Å². The zero-order chi connectivity index (χ0) is 115. The van der Waals surface area contributed by atoms with Crippen molar-refractivity contribution in [3.05, 3.63) is 207 Å². The number of nitrogens with zero attached hydrogens (tertiary/aromatic N) is 12. The van der Waals surface area contributed by atoms with Crippen LogP contribution in [0.25, 0.3) is 0 Å². The van der Waals surface area contributed by atoms with Crippen LogP contribution in [0.4, 0.5) is 0 Å². The van der Waals surface area contributed by atoms with Gasteiger partial charge in [0.05, 0.1) is 102 Å². The van der Waals surface area contributed by atoms with Gasteiger partial charge in [0.2, 0.25) is 0 Å². The molecule has 0 radical (unpaired) electrons. The lowest BCUT2D eigenvalue weighted by Gasteiger charge is -2.07. The number of aliphatic imine (C=N–C) groups is 6. The quantitative estimate of drug-likeness (QED) is 0.0103. The molecule has 0 aliphatic rings. The van der Waals surface area contributed by atoms with Gasteiger partial charge in [-0.25, -0.2) is 0 Å². The number of hydrogen-bond acceptors (Lipinski definition) is 9. The Balaban J connectivity index is -0.000000141. The normalized spacial score (nSPS) is 11.0. The van der Waals surface area contributed by atoms with Crippen LogP contribution in [0.3, 0.4) is 0 Å². The van der Waals surface area contributed by atoms with Gasteiger partial charge in [-0.1, -0.05) is 236 Å². The molecule has 2 atom stereocenters. The number of aliphatic hydroxyl groups is 1. The largest absolute Gasteiger partial charge is 0.544 e. The summed E-state index contributed by atoms with van der Waals surface area (Å²) in [5.41, 5.74) is 99.0. The predicted molar refractivity (Wildman–Crippen MR) is 611 cm³/mol. The number of carboxylic acid groups (broad SMARTS) is 6. The van der Waals surface area contributed by atoms with Gasteiger partial charge in [0, 0.05) is 44.9 Å². The van der Waals surface area contributed by atoms with Crippen LogP contribution in [0.1, 0.15) is 240 Å². The summed E-state index contributed by atoms with van der Waals surface area (Å²) < 4.78 is 9.67. The second-order valence-corrected chi connectivity index (χ2v) is 31.9. The van der Waals surface area contributed by atoms with Gasteiger partial charge in [-0.15, -0.1) is 0 Å². The molecule has 0 aliphatic carbocycles. The number of carbonyl (C=O) groups excluding carboxylic acids is 2. The minimum Gasteiger partial charge on any atom is -0.544 e. The van der Waals surface area contributed by atoms with Gasteiger partial charge in [-0.05, 0) is 190 Å². The van der Waals surface area contributed by atoms with Crippen molar-refractivity contribution in [1.82, 2.24) is 0 Å². The van der Waals surface area contributed by atoms with Crippen LogP contribution in [0.5, 0.6) is 0 Å². The number of quaternary nitrogens is 2. The Labute approximate surface area is 883 Å². The first-order valence-electron chi connectivity index (χ1n) is 48.2. The lowest BCUT2D eigenvalue weighted by atomic mass is 10.1. The molecule has 45 heteroatoms. The van der Waals surface area contributed by atoms with Gasteiger partial charge in [0.15, 0.2) is 0 Å². The molecule has 0 aromatic heterocycles. The highest BCUT2D eigenvalue weighted by Gasteiger charge is 2.09. The Bertz CT molecular complexity index is 4030. The Hall–Kier alpha value is -15.4. The average Bonchev–Trinajstić information content (AvgIpc) is 1.000. The lowest BCUT2D eigenvalue weighted by Crippen LogP contribution is -2.68. The maximum atomic E-state index is 10.3. The summed E-state index contributed by atoms with van der Waals surface area (Å²) in [5.74, 6) is -3.51. The van der Waals surface area contributed by atoms with E-state index in [-0.39, 0.29) is 74.6 Å². The highest BCUT2D eigenvalue weighted by Crippen LogP contribution is 2.07. The Kier molecular flexibility index (Phi) is 128. The molecule has 0 aromatic rings. The van der Waals surface area contributed by atoms with E-state index in [0.29, 0.717) is 87.1 Å². The van der Waals surface area contributed by atoms with Gasteiger partial charge < -0.3 is 126 Å². The Morgan fingerprint density at radius 1 is 0.250 bits per heavy atom. The SMILES string of the molecule is C.C=C(O)CCC/C=C\C/C=C\C/C=C\C/C=C\C/C=C\CC.CC/C=C\C/C=C\C/C=C\C/C=C\C/C=C\C/C=C\CCC(=O)O.CC/C=C\C/C=C\C/C=C\C/C=C\C/C=C\CCCC(=O)O.C[N+](C)=C(N)N=C(N)N.C[N+](C)=C(N)N=C(N)N.C[N+](C)=C(N)N=C(N)N.C[N+](C)=C(N)N=C(N)N.C[N+](C)=C(N)N=C(N)N.C[N+](C)=C(N)N=C(N)N.[NH3+][C@@H](CCCCC(=O)O)C(=O)[O-].[NH3+][C@@H](CCCCCC(=O)O)C(=O)[O-]. The van der Waals surface area contributed by atoms with Crippen LogP contribution in [0.15, 0.2) is 237 Å². The minimum atomic E-state index is -1.18. The molecule has 0 heterocycles. The van der Waals surface area contributed by atoms with Gasteiger partial charge in [0.25, 0.3) is 35.8 Å². The van der Waals surface area contributed by atoms with E-state index in [1.165, 1.54) is 0 Å². The van der Waals surface area contributed by atoms with Crippen molar-refractivity contribution in [2.45, 2.75) is 252 Å². The zero-order valence-electron chi connectivity index (χ0n) is 90.8. The fourth-order valence-corrected chi connectivity index (χ4v) is 8.52. The van der Waals surface area contributed by atoms with Gasteiger partial charge in [-0.2, -0.15) is 0 Å². The van der Waals surface area contributed by atoms with E-state index in [1.54, 1.807) is 112 Å². The second kappa shape index (κ2) is 120. The molecular weight excluding hydrogens is 1890 g/mol. The summed E-state index contributed by atoms with van der Waals surface area (Å²) in [6.45, 7) is 9.92. The van der Waals surface area contributed by atoms with Crippen molar-refractivity contribution in [2.24, 2.45) is 133 Å². The van der Waals surface area contributed by atoms with Crippen LogP contribution in [0.2, 0.25) is 0 Å². The van der Waals surface area contributed by atoms with Gasteiger partial charge >= 0.3 is 59.6 Å². The van der Waals surface area contributed by atoms with Crippen molar-refractivity contribution < 1.29 is 103 Å². The number of nitrogens with two attached hydrogens (primary N) is 18. The molecule has 148 heavy (non-hydrogen) atoms. The van der Waals surface area contributed by atoms with Crippen molar-refractivity contribution in [3.63, 3.8) is 0 Å². The smallest absolute Gasteiger partial charge is 0.387 e. The average molecular weight is 2090 g/mol. The summed E-state index contributed by atoms with van der Waals surface area (Å²) in [6, 6.07) is -1.40. The fraction of sp³-hybridized carbons (Fsp3) is 0.495. The van der Waals surface area contributed by atoms with Crippen molar-refractivity contribution >= 4 is 107 Å². The van der Waals surface area contributed by atoms with E-state index in [4.69, 9.17) is 129 Å². The van der Waals surface area contributed by atoms with E-state index in [2.05, 4.69) is 251 Å². The van der Waals surface area contributed by atoms with Crippen molar-refractivity contribution in [1.29, 1.82) is 0 Å². The summed E-state index contributed by atoms with van der Waals surface area (Å²) >= 11 is 0. The van der Waals surface area contributed by atoms with Crippen LogP contribution in [0, 0.1) is 0 Å². The number of allylic oxidation sites excluding steroid dienone is 33. The third kappa shape index (κ3) is 167. The first-order chi connectivity index (χ1) is 69.1. The molecule has 0 spiro atoms. The summed E-state index contributed by atoms with van der Waals surface area (Å²) in [4.78, 5) is 82.5. The first-order valence-corrected chi connectivity index (χ1v) is 48.2. The molecule has 0 saturated heterocycles. The highest BCUT2D eigenvalue weighted by atomic mass is 16.4. The number of guanidine groups is 12. The van der Waals surface area contributed by atoms with E-state index in [9.17, 15) is 39.0 Å². The maximum absolute atomic E-state index is 10.3. The second-order valence-electron chi connectivity index (χ2n) is 31.9. The standard InChI is InChI=1S/C22H32O2.C21H32O.C20H30O2.C8H15NO4.C7H13NO4.6C4H11N5.CH4/c1-2-3-4-5-6-7-8-9-10-11-12-13-14-15-16-17-18-19-20-21-22(23)24;1-3-4-5-6-7-8-9-10-11-12-13-14-15-16-17-18-19-20-21(2)22;1-2-3-4-5-6-7-8-9-10-11-12-13-14-15-16-17-18-19-20(21)22;9-6(8(12)13)4-2-1-3-5-7(10)11;8-5(7(11)12)3-1-2-4-6(9)10;6*1-9(2)4(7)8-3(5)6;/h3-4,6-7,9-10,12-13,15-16,18-19H,2,5,8,11,14,17,20-21H2,1H3,(H,23,24);4-5,7-8,10-11,13-14,16-17,22H,2-3,6,9,12,15,18-20H2,1H3;3-4,6-7,9-10,12-13,15-16H,2,5,8,11,14,17-19H2,1H3,(H,21,22);6H,1-5,9H2,(H,10,11)(H,12,13);5H,1-4,8H2,(H,9,10)(H,11,12);6*1-2H3,(H5,5,6,7,8);1H4/p+6/b4-3-,7-6-,10-9-,13-12-,16-15-,19-18-;5-4-,8-7-,11-10-,14-13-,17-16-;4-3-,7-6-,10-9-,13-12-,16-15-;;;;;;;;;/t;;;6-;5-;;;;;;;/m...00......./s1. The van der Waals surface area contributed by atoms with Crippen LogP contribution >= 0.6 is 0 Å². The molecule has 0 aromatic carbocycles. The van der Waals surface area contributed by atoms with Gasteiger partial charge in [-0.3, -0.25) is 81.0 Å². The molecule has 45 nitrogen and oxygen atoms in total. The monoisotopic (exact) mass is 2090 g/mol. The van der Waals surface area contributed by atoms with E-state index < -0.39 is 47.9 Å². The number of unbranched alkanes of at least 4 members (excludes halogenated alkanes) is 5. The summed E-state index contributed by atoms with van der Waals surface area (Å²) in [6.07, 6.45) is 94.9. The number of aliphatic hydroxyl groups excluding tert-OH is 1. The minimum absolute atomic E-state index is 0. The molecule has 0 unspecified atom stereocenters. The Morgan fingerprint density at radius 3 is 0.561 bits per heavy atom. The fourth-order valence-electron chi connectivity index (χ4n) is 8.52. The molecule has 0 rings (SSSR count). The number of carbonyl (C=O) groups is 6. The number of aliphatic carboxylic acids is 6. The molecule has 0 bridgehead atoms. The topological polar surface area (TPSA) is 866 Å². The van der Waals surface area contributed by atoms with E-state index in [0.717, 1.165) is 135 Å². The Morgan fingerprint density at radius 2 is 0.405 bits per heavy atom. The first kappa shape index (κ1) is 158. The number of carboxylic acids is 6. The van der Waals surface area contributed by atoms with Crippen molar-refractivity contribution in [3.8, 4) is 0 Å². The van der Waals surface area contributed by atoms with Crippen molar-refractivity contribution in [2.75, 3.05) is 84.6 Å².